The Morgan fingerprint density at radius 2 is 2.15 bits per heavy atom. The van der Waals surface area contributed by atoms with Gasteiger partial charge in [-0.15, -0.1) is 0 Å². The van der Waals surface area contributed by atoms with Crippen molar-refractivity contribution in [2.45, 2.75) is 6.61 Å². The van der Waals surface area contributed by atoms with Crippen molar-refractivity contribution >= 4 is 35.8 Å². The van der Waals surface area contributed by atoms with Gasteiger partial charge in [-0.2, -0.15) is 0 Å². The maximum Gasteiger partial charge on any atom is 0.491 e. The molecule has 2 aromatic carbocycles. The minimum atomic E-state index is -0.923. The number of hydrogen-bond acceptors (Lipinski definition) is 3. The summed E-state index contributed by atoms with van der Waals surface area (Å²) in [5.74, 6) is -0.249. The van der Waals surface area contributed by atoms with Crippen LogP contribution in [0.3, 0.4) is 0 Å². The van der Waals surface area contributed by atoms with Gasteiger partial charge in [0.15, 0.2) is 0 Å². The molecule has 3 rings (SSSR count). The van der Waals surface area contributed by atoms with Gasteiger partial charge in [0.25, 0.3) is 5.91 Å². The predicted molar refractivity (Wildman–Crippen MR) is 78.2 cm³/mol. The second kappa shape index (κ2) is 5.29. The Balaban J connectivity index is 1.82. The topological polar surface area (TPSA) is 58.6 Å². The average molecular weight is 288 g/mol. The zero-order chi connectivity index (χ0) is 14.1. The number of rotatable bonds is 2. The fraction of sp³-hybridized carbons (Fsp3) is 0.0714. The minimum Gasteiger partial charge on any atom is -0.423 e. The maximum atomic E-state index is 12.1. The molecule has 1 aliphatic heterocycles. The third kappa shape index (κ3) is 2.56. The van der Waals surface area contributed by atoms with Crippen LogP contribution in [0.15, 0.2) is 42.5 Å². The highest BCUT2D eigenvalue weighted by Gasteiger charge is 2.27. The van der Waals surface area contributed by atoms with Gasteiger partial charge in [0.2, 0.25) is 0 Å². The van der Waals surface area contributed by atoms with Crippen LogP contribution in [0.1, 0.15) is 15.9 Å². The largest absolute Gasteiger partial charge is 0.491 e. The molecule has 20 heavy (non-hydrogen) atoms. The standard InChI is InChI=1S/C14H11BClNO3/c16-11-3-1-2-9(6-11)14(18)17-12-5-4-10-8-20-15(19)13(10)7-12/h1-7,19H,8H2,(H,17,18). The molecule has 0 radical (unpaired) electrons. The molecule has 0 atom stereocenters. The Bertz CT molecular complexity index is 677. The van der Waals surface area contributed by atoms with E-state index >= 15 is 0 Å². The van der Waals surface area contributed by atoms with Crippen molar-refractivity contribution in [3.63, 3.8) is 0 Å². The van der Waals surface area contributed by atoms with Gasteiger partial charge >= 0.3 is 7.12 Å². The fourth-order valence-electron chi connectivity index (χ4n) is 2.13. The average Bonchev–Trinajstić information content (AvgIpc) is 2.80. The van der Waals surface area contributed by atoms with Gasteiger partial charge in [0, 0.05) is 16.3 Å². The highest BCUT2D eigenvalue weighted by atomic mass is 35.5. The van der Waals surface area contributed by atoms with Crippen LogP contribution in [0.2, 0.25) is 5.02 Å². The van der Waals surface area contributed by atoms with Gasteiger partial charge in [0.1, 0.15) is 0 Å². The highest BCUT2D eigenvalue weighted by molar-refractivity contribution is 6.61. The fourth-order valence-corrected chi connectivity index (χ4v) is 2.32. The summed E-state index contributed by atoms with van der Waals surface area (Å²) in [6.45, 7) is 0.388. The van der Waals surface area contributed by atoms with E-state index in [1.165, 1.54) is 0 Å². The molecule has 0 unspecified atom stereocenters. The molecule has 0 fully saturated rings. The van der Waals surface area contributed by atoms with Crippen molar-refractivity contribution in [3.8, 4) is 0 Å². The Morgan fingerprint density at radius 3 is 2.95 bits per heavy atom. The van der Waals surface area contributed by atoms with E-state index in [-0.39, 0.29) is 5.91 Å². The normalized spacial score (nSPS) is 13.2. The molecule has 0 saturated carbocycles. The van der Waals surface area contributed by atoms with Gasteiger partial charge < -0.3 is 15.0 Å². The summed E-state index contributed by atoms with van der Waals surface area (Å²) < 4.78 is 5.11. The molecule has 4 nitrogen and oxygen atoms in total. The van der Waals surface area contributed by atoms with E-state index < -0.39 is 7.12 Å². The van der Waals surface area contributed by atoms with Gasteiger partial charge in [-0.25, -0.2) is 0 Å². The monoisotopic (exact) mass is 287 g/mol. The van der Waals surface area contributed by atoms with Crippen LogP contribution in [0.25, 0.3) is 0 Å². The first kappa shape index (κ1) is 13.2. The molecule has 2 aromatic rings. The molecule has 1 aliphatic rings. The number of fused-ring (bicyclic) bond motifs is 1. The summed E-state index contributed by atoms with van der Waals surface area (Å²) in [5.41, 5.74) is 2.71. The smallest absolute Gasteiger partial charge is 0.423 e. The molecule has 1 heterocycles. The first-order valence-corrected chi connectivity index (χ1v) is 6.51. The summed E-state index contributed by atoms with van der Waals surface area (Å²) in [5, 5.41) is 12.9. The molecular formula is C14H11BClNO3. The van der Waals surface area contributed by atoms with Crippen molar-refractivity contribution < 1.29 is 14.5 Å². The lowest BCUT2D eigenvalue weighted by atomic mass is 9.79. The Morgan fingerprint density at radius 1 is 1.30 bits per heavy atom. The molecule has 0 aliphatic carbocycles. The number of hydrogen-bond donors (Lipinski definition) is 2. The van der Waals surface area contributed by atoms with Gasteiger partial charge in [-0.3, -0.25) is 4.79 Å². The molecule has 0 aromatic heterocycles. The minimum absolute atomic E-state index is 0.249. The van der Waals surface area contributed by atoms with E-state index in [2.05, 4.69) is 5.32 Å². The maximum absolute atomic E-state index is 12.1. The van der Waals surface area contributed by atoms with Gasteiger partial charge in [0.05, 0.1) is 6.61 Å². The Kier molecular flexibility index (Phi) is 3.48. The summed E-state index contributed by atoms with van der Waals surface area (Å²) in [4.78, 5) is 12.1. The third-order valence-electron chi connectivity index (χ3n) is 3.15. The number of nitrogens with one attached hydrogen (secondary N) is 1. The number of halogens is 1. The summed E-state index contributed by atoms with van der Waals surface area (Å²) in [6.07, 6.45) is 0. The highest BCUT2D eigenvalue weighted by Crippen LogP contribution is 2.16. The second-order valence-corrected chi connectivity index (χ2v) is 4.98. The van der Waals surface area contributed by atoms with Crippen LogP contribution in [0.4, 0.5) is 5.69 Å². The van der Waals surface area contributed by atoms with Crippen molar-refractivity contribution in [2.24, 2.45) is 0 Å². The summed E-state index contributed by atoms with van der Waals surface area (Å²) in [6, 6.07) is 12.0. The van der Waals surface area contributed by atoms with Crippen LogP contribution in [0, 0.1) is 0 Å². The molecule has 100 valence electrons. The van der Waals surface area contributed by atoms with E-state index in [9.17, 15) is 9.82 Å². The van der Waals surface area contributed by atoms with E-state index in [1.54, 1.807) is 36.4 Å². The first-order valence-electron chi connectivity index (χ1n) is 6.13. The summed E-state index contributed by atoms with van der Waals surface area (Å²) >= 11 is 5.86. The third-order valence-corrected chi connectivity index (χ3v) is 3.39. The van der Waals surface area contributed by atoms with E-state index in [4.69, 9.17) is 16.3 Å². The van der Waals surface area contributed by atoms with Crippen molar-refractivity contribution in [1.82, 2.24) is 0 Å². The van der Waals surface area contributed by atoms with Crippen LogP contribution in [-0.4, -0.2) is 18.0 Å². The lowest BCUT2D eigenvalue weighted by Gasteiger charge is -2.07. The molecule has 0 saturated heterocycles. The van der Waals surface area contributed by atoms with Crippen LogP contribution in [-0.2, 0) is 11.3 Å². The number of carbonyl (C=O) groups is 1. The predicted octanol–water partition coefficient (Wildman–Crippen LogP) is 1.81. The van der Waals surface area contributed by atoms with Crippen LogP contribution >= 0.6 is 11.6 Å². The summed E-state index contributed by atoms with van der Waals surface area (Å²) in [7, 11) is -0.923. The Hall–Kier alpha value is -1.82. The van der Waals surface area contributed by atoms with Crippen molar-refractivity contribution in [3.05, 3.63) is 58.6 Å². The molecule has 0 bridgehead atoms. The Labute approximate surface area is 121 Å². The zero-order valence-electron chi connectivity index (χ0n) is 10.5. The van der Waals surface area contributed by atoms with Crippen molar-refractivity contribution in [1.29, 1.82) is 0 Å². The lowest BCUT2D eigenvalue weighted by molar-refractivity contribution is 0.102. The van der Waals surface area contributed by atoms with Gasteiger partial charge in [-0.05, 0) is 41.4 Å². The van der Waals surface area contributed by atoms with E-state index in [1.807, 2.05) is 6.07 Å². The molecule has 1 amide bonds. The quantitative estimate of drug-likeness (QED) is 0.828. The second-order valence-electron chi connectivity index (χ2n) is 4.54. The van der Waals surface area contributed by atoms with E-state index in [0.717, 1.165) is 5.56 Å². The SMILES string of the molecule is O=C(Nc1ccc2c(c1)B(O)OC2)c1cccc(Cl)c1. The molecule has 2 N–H and O–H groups in total. The molecular weight excluding hydrogens is 276 g/mol. The number of amides is 1. The number of carbonyl (C=O) groups excluding carboxylic acids is 1. The number of anilines is 1. The zero-order valence-corrected chi connectivity index (χ0v) is 11.2. The molecule has 6 heteroatoms. The van der Waals surface area contributed by atoms with E-state index in [0.29, 0.717) is 28.3 Å². The van der Waals surface area contributed by atoms with Crippen LogP contribution < -0.4 is 10.8 Å². The first-order chi connectivity index (χ1) is 9.63. The lowest BCUT2D eigenvalue weighted by Crippen LogP contribution is -2.28. The van der Waals surface area contributed by atoms with Gasteiger partial charge in [-0.1, -0.05) is 23.7 Å². The van der Waals surface area contributed by atoms with Crippen LogP contribution in [0.5, 0.6) is 0 Å². The molecule has 0 spiro atoms. The van der Waals surface area contributed by atoms with Crippen molar-refractivity contribution in [2.75, 3.05) is 5.32 Å². The number of benzene rings is 2.